The molecule has 1 fully saturated rings. The molecule has 0 aliphatic carbocycles. The summed E-state index contributed by atoms with van der Waals surface area (Å²) in [5.41, 5.74) is 6.16. The van der Waals surface area contributed by atoms with E-state index < -0.39 is 0 Å². The zero-order valence-corrected chi connectivity index (χ0v) is 13.8. The Morgan fingerprint density at radius 2 is 1.76 bits per heavy atom. The molecule has 1 heterocycles. The van der Waals surface area contributed by atoms with E-state index >= 15 is 0 Å². The molecule has 2 N–H and O–H groups in total. The van der Waals surface area contributed by atoms with E-state index in [0.717, 1.165) is 32.7 Å². The Labute approximate surface area is 130 Å². The van der Waals surface area contributed by atoms with Gasteiger partial charge in [0.25, 0.3) is 0 Å². The molecule has 0 aromatic rings. The summed E-state index contributed by atoms with van der Waals surface area (Å²) in [6.07, 6.45) is 7.64. The third-order valence-electron chi connectivity index (χ3n) is 4.09. The van der Waals surface area contributed by atoms with Crippen LogP contribution in [-0.4, -0.2) is 54.5 Å². The third kappa shape index (κ3) is 5.92. The fourth-order valence-corrected chi connectivity index (χ4v) is 2.83. The molecule has 0 bridgehead atoms. The standard InChI is InChI=1S/C17H32N4/c1-5-10-20(11-6-2)16(15(3)4)14-19-17(18)21-12-8-7-9-13-21/h5-6,15-16H,1-2,7-14H2,3-4H3,(H2,18,19). The highest BCUT2D eigenvalue weighted by Gasteiger charge is 2.20. The monoisotopic (exact) mass is 292 g/mol. The molecule has 4 nitrogen and oxygen atoms in total. The van der Waals surface area contributed by atoms with Crippen LogP contribution in [0.25, 0.3) is 0 Å². The minimum absolute atomic E-state index is 0.365. The first-order valence-corrected chi connectivity index (χ1v) is 8.10. The molecule has 1 atom stereocenters. The van der Waals surface area contributed by atoms with Gasteiger partial charge in [-0.2, -0.15) is 0 Å². The lowest BCUT2D eigenvalue weighted by Crippen LogP contribution is -2.44. The highest BCUT2D eigenvalue weighted by Crippen LogP contribution is 2.13. The number of piperidine rings is 1. The van der Waals surface area contributed by atoms with Crippen LogP contribution in [0, 0.1) is 5.92 Å². The van der Waals surface area contributed by atoms with Gasteiger partial charge in [0.05, 0.1) is 6.54 Å². The summed E-state index contributed by atoms with van der Waals surface area (Å²) in [5, 5.41) is 0. The van der Waals surface area contributed by atoms with Crippen molar-refractivity contribution in [3.8, 4) is 0 Å². The molecule has 0 spiro atoms. The quantitative estimate of drug-likeness (QED) is 0.425. The van der Waals surface area contributed by atoms with Crippen molar-refractivity contribution in [3.05, 3.63) is 25.3 Å². The van der Waals surface area contributed by atoms with Gasteiger partial charge in [-0.25, -0.2) is 0 Å². The molecule has 1 aliphatic rings. The number of hydrogen-bond donors (Lipinski definition) is 1. The van der Waals surface area contributed by atoms with Crippen molar-refractivity contribution in [2.75, 3.05) is 32.7 Å². The van der Waals surface area contributed by atoms with Crippen LogP contribution < -0.4 is 5.73 Å². The molecule has 4 heteroatoms. The zero-order valence-electron chi connectivity index (χ0n) is 13.8. The van der Waals surface area contributed by atoms with Gasteiger partial charge < -0.3 is 10.6 Å². The topological polar surface area (TPSA) is 44.9 Å². The van der Waals surface area contributed by atoms with E-state index in [1.54, 1.807) is 0 Å². The lowest BCUT2D eigenvalue weighted by atomic mass is 10.0. The first kappa shape index (κ1) is 17.8. The second-order valence-electron chi connectivity index (χ2n) is 6.09. The van der Waals surface area contributed by atoms with Crippen LogP contribution in [0.2, 0.25) is 0 Å². The molecular formula is C17H32N4. The van der Waals surface area contributed by atoms with E-state index in [-0.39, 0.29) is 0 Å². The Balaban J connectivity index is 2.67. The summed E-state index contributed by atoms with van der Waals surface area (Å²) >= 11 is 0. The SMILES string of the molecule is C=CCN(CC=C)C(CN=C(N)N1CCCCC1)C(C)C. The van der Waals surface area contributed by atoms with E-state index in [2.05, 4.69) is 41.8 Å². The Kier molecular flexibility index (Phi) is 8.13. The molecule has 1 unspecified atom stereocenters. The van der Waals surface area contributed by atoms with E-state index in [4.69, 9.17) is 5.73 Å². The number of guanidine groups is 1. The molecule has 1 rings (SSSR count). The van der Waals surface area contributed by atoms with Gasteiger partial charge in [0.1, 0.15) is 0 Å². The number of aliphatic imine (C=N–C) groups is 1. The summed E-state index contributed by atoms with van der Waals surface area (Å²) in [6, 6.07) is 0.365. The van der Waals surface area contributed by atoms with Crippen LogP contribution in [0.4, 0.5) is 0 Å². The predicted molar refractivity (Wildman–Crippen MR) is 92.5 cm³/mol. The van der Waals surface area contributed by atoms with Crippen molar-refractivity contribution in [2.45, 2.75) is 39.2 Å². The first-order valence-electron chi connectivity index (χ1n) is 8.10. The summed E-state index contributed by atoms with van der Waals surface area (Å²) in [6.45, 7) is 16.7. The van der Waals surface area contributed by atoms with E-state index in [1.165, 1.54) is 19.3 Å². The largest absolute Gasteiger partial charge is 0.370 e. The van der Waals surface area contributed by atoms with Crippen LogP contribution >= 0.6 is 0 Å². The van der Waals surface area contributed by atoms with Crippen LogP contribution in [0.1, 0.15) is 33.1 Å². The third-order valence-corrected chi connectivity index (χ3v) is 4.09. The van der Waals surface area contributed by atoms with Crippen LogP contribution in [0.15, 0.2) is 30.3 Å². The van der Waals surface area contributed by atoms with Crippen molar-refractivity contribution in [3.63, 3.8) is 0 Å². The van der Waals surface area contributed by atoms with Crippen molar-refractivity contribution in [1.29, 1.82) is 0 Å². The lowest BCUT2D eigenvalue weighted by molar-refractivity contribution is 0.195. The smallest absolute Gasteiger partial charge is 0.191 e. The van der Waals surface area contributed by atoms with Gasteiger partial charge in [0.15, 0.2) is 5.96 Å². The first-order chi connectivity index (χ1) is 10.1. The Morgan fingerprint density at radius 3 is 2.24 bits per heavy atom. The van der Waals surface area contributed by atoms with Gasteiger partial charge in [-0.1, -0.05) is 26.0 Å². The molecule has 0 saturated carbocycles. The van der Waals surface area contributed by atoms with E-state index in [0.29, 0.717) is 17.9 Å². The molecular weight excluding hydrogens is 260 g/mol. The predicted octanol–water partition coefficient (Wildman–Crippen LogP) is 2.49. The fraction of sp³-hybridized carbons (Fsp3) is 0.706. The molecule has 0 amide bonds. The van der Waals surface area contributed by atoms with Crippen LogP contribution in [0.3, 0.4) is 0 Å². The fourth-order valence-electron chi connectivity index (χ4n) is 2.83. The average Bonchev–Trinajstić information content (AvgIpc) is 2.48. The summed E-state index contributed by atoms with van der Waals surface area (Å²) < 4.78 is 0. The van der Waals surface area contributed by atoms with Crippen molar-refractivity contribution in [1.82, 2.24) is 9.80 Å². The minimum atomic E-state index is 0.365. The molecule has 0 aromatic heterocycles. The maximum Gasteiger partial charge on any atom is 0.191 e. The van der Waals surface area contributed by atoms with Gasteiger partial charge in [0, 0.05) is 32.2 Å². The number of hydrogen-bond acceptors (Lipinski definition) is 2. The van der Waals surface area contributed by atoms with Crippen LogP contribution in [-0.2, 0) is 0 Å². The lowest BCUT2D eigenvalue weighted by Gasteiger charge is -2.33. The zero-order chi connectivity index (χ0) is 15.7. The maximum absolute atomic E-state index is 6.16. The Hall–Kier alpha value is -1.29. The molecule has 120 valence electrons. The normalized spacial score (nSPS) is 18.1. The van der Waals surface area contributed by atoms with Crippen molar-refractivity contribution >= 4 is 5.96 Å². The van der Waals surface area contributed by atoms with Gasteiger partial charge >= 0.3 is 0 Å². The Bertz CT molecular complexity index is 333. The van der Waals surface area contributed by atoms with Gasteiger partial charge in [-0.15, -0.1) is 13.2 Å². The van der Waals surface area contributed by atoms with Crippen molar-refractivity contribution < 1.29 is 0 Å². The summed E-state index contributed by atoms with van der Waals surface area (Å²) in [7, 11) is 0. The van der Waals surface area contributed by atoms with Crippen molar-refractivity contribution in [2.24, 2.45) is 16.6 Å². The second-order valence-corrected chi connectivity index (χ2v) is 6.09. The molecule has 1 aliphatic heterocycles. The molecule has 0 aromatic carbocycles. The average molecular weight is 292 g/mol. The maximum atomic E-state index is 6.16. The molecule has 1 saturated heterocycles. The van der Waals surface area contributed by atoms with Crippen LogP contribution in [0.5, 0.6) is 0 Å². The Morgan fingerprint density at radius 1 is 1.19 bits per heavy atom. The summed E-state index contributed by atoms with van der Waals surface area (Å²) in [4.78, 5) is 9.24. The number of nitrogens with zero attached hydrogens (tertiary/aromatic N) is 3. The van der Waals surface area contributed by atoms with Gasteiger partial charge in [-0.05, 0) is 25.2 Å². The number of rotatable bonds is 8. The van der Waals surface area contributed by atoms with E-state index in [1.807, 2.05) is 12.2 Å². The van der Waals surface area contributed by atoms with Gasteiger partial charge in [0.2, 0.25) is 0 Å². The second kappa shape index (κ2) is 9.61. The molecule has 0 radical (unpaired) electrons. The summed E-state index contributed by atoms with van der Waals surface area (Å²) in [5.74, 6) is 1.22. The minimum Gasteiger partial charge on any atom is -0.370 e. The van der Waals surface area contributed by atoms with Gasteiger partial charge in [-0.3, -0.25) is 9.89 Å². The van der Waals surface area contributed by atoms with E-state index in [9.17, 15) is 0 Å². The molecule has 21 heavy (non-hydrogen) atoms. The number of nitrogens with two attached hydrogens (primary N) is 1. The highest BCUT2D eigenvalue weighted by atomic mass is 15.3. The highest BCUT2D eigenvalue weighted by molar-refractivity contribution is 5.78. The number of likely N-dealkylation sites (tertiary alicyclic amines) is 1.